The molecule has 1 aromatic heterocycles. The number of para-hydroxylation sites is 2. The Bertz CT molecular complexity index is 778. The first kappa shape index (κ1) is 13.1. The van der Waals surface area contributed by atoms with Gasteiger partial charge in [0.2, 0.25) is 5.91 Å². The van der Waals surface area contributed by atoms with E-state index >= 15 is 0 Å². The fourth-order valence-corrected chi connectivity index (χ4v) is 3.28. The lowest BCUT2D eigenvalue weighted by atomic mass is 10.1. The summed E-state index contributed by atoms with van der Waals surface area (Å²) in [7, 11) is 1.65. The van der Waals surface area contributed by atoms with Crippen LogP contribution in [0.4, 0.5) is 0 Å². The quantitative estimate of drug-likeness (QED) is 0.744. The number of hydrogen-bond acceptors (Lipinski definition) is 3. The Morgan fingerprint density at radius 2 is 1.90 bits per heavy atom. The third kappa shape index (κ3) is 2.16. The Morgan fingerprint density at radius 1 is 1.15 bits per heavy atom. The second kappa shape index (κ2) is 5.21. The standard InChI is InChI=1S/C16H15NO2S/c1-10(16(18)17-2)20-14-9-5-7-12-11-6-3-4-8-13(11)19-15(12)14/h3-10H,1-2H3,(H,17,18). The largest absolute Gasteiger partial charge is 0.455 e. The van der Waals surface area contributed by atoms with E-state index in [0.717, 1.165) is 26.8 Å². The Balaban J connectivity index is 2.10. The van der Waals surface area contributed by atoms with E-state index in [2.05, 4.69) is 17.4 Å². The highest BCUT2D eigenvalue weighted by atomic mass is 32.2. The summed E-state index contributed by atoms with van der Waals surface area (Å²) in [6.07, 6.45) is 0. The fourth-order valence-electron chi connectivity index (χ4n) is 2.26. The molecule has 0 aliphatic rings. The van der Waals surface area contributed by atoms with Gasteiger partial charge in [-0.05, 0) is 19.1 Å². The molecule has 0 aliphatic carbocycles. The van der Waals surface area contributed by atoms with Gasteiger partial charge in [0.25, 0.3) is 0 Å². The summed E-state index contributed by atoms with van der Waals surface area (Å²) in [4.78, 5) is 12.7. The van der Waals surface area contributed by atoms with E-state index in [9.17, 15) is 4.79 Å². The van der Waals surface area contributed by atoms with Gasteiger partial charge in [-0.2, -0.15) is 0 Å². The number of fused-ring (bicyclic) bond motifs is 3. The maximum Gasteiger partial charge on any atom is 0.232 e. The maximum atomic E-state index is 11.7. The van der Waals surface area contributed by atoms with Crippen LogP contribution < -0.4 is 5.32 Å². The molecule has 1 unspecified atom stereocenters. The molecule has 0 aliphatic heterocycles. The second-order valence-electron chi connectivity index (χ2n) is 4.61. The van der Waals surface area contributed by atoms with Gasteiger partial charge in [-0.3, -0.25) is 4.79 Å². The van der Waals surface area contributed by atoms with E-state index in [1.165, 1.54) is 11.8 Å². The smallest absolute Gasteiger partial charge is 0.232 e. The van der Waals surface area contributed by atoms with Crippen molar-refractivity contribution in [3.05, 3.63) is 42.5 Å². The molecule has 0 fully saturated rings. The molecule has 102 valence electrons. The van der Waals surface area contributed by atoms with Crippen molar-refractivity contribution in [3.63, 3.8) is 0 Å². The van der Waals surface area contributed by atoms with Gasteiger partial charge in [0.1, 0.15) is 11.2 Å². The minimum absolute atomic E-state index is 0.0168. The SMILES string of the molecule is CNC(=O)C(C)Sc1cccc2c1oc1ccccc12. The number of thioether (sulfide) groups is 1. The van der Waals surface area contributed by atoms with Crippen LogP contribution >= 0.6 is 11.8 Å². The lowest BCUT2D eigenvalue weighted by Gasteiger charge is -2.09. The molecule has 0 bridgehead atoms. The van der Waals surface area contributed by atoms with Gasteiger partial charge in [-0.1, -0.05) is 30.3 Å². The van der Waals surface area contributed by atoms with Crippen molar-refractivity contribution >= 4 is 39.6 Å². The Morgan fingerprint density at radius 3 is 2.70 bits per heavy atom. The molecule has 1 atom stereocenters. The lowest BCUT2D eigenvalue weighted by Crippen LogP contribution is -2.27. The Kier molecular flexibility index (Phi) is 3.40. The normalized spacial score (nSPS) is 12.7. The van der Waals surface area contributed by atoms with Crippen LogP contribution in [0.5, 0.6) is 0 Å². The topological polar surface area (TPSA) is 42.2 Å². The highest BCUT2D eigenvalue weighted by Gasteiger charge is 2.16. The zero-order chi connectivity index (χ0) is 14.1. The summed E-state index contributed by atoms with van der Waals surface area (Å²) in [6.45, 7) is 1.89. The summed E-state index contributed by atoms with van der Waals surface area (Å²) >= 11 is 1.52. The van der Waals surface area contributed by atoms with Crippen LogP contribution in [-0.2, 0) is 4.79 Å². The van der Waals surface area contributed by atoms with Gasteiger partial charge in [0.05, 0.1) is 10.1 Å². The summed E-state index contributed by atoms with van der Waals surface area (Å²) in [5, 5.41) is 4.72. The monoisotopic (exact) mass is 285 g/mol. The minimum atomic E-state index is -0.154. The molecule has 0 radical (unpaired) electrons. The molecule has 0 spiro atoms. The summed E-state index contributed by atoms with van der Waals surface area (Å²) < 4.78 is 5.95. The van der Waals surface area contributed by atoms with Crippen LogP contribution in [0.25, 0.3) is 21.9 Å². The zero-order valence-electron chi connectivity index (χ0n) is 11.3. The average molecular weight is 285 g/mol. The molecule has 20 heavy (non-hydrogen) atoms. The van der Waals surface area contributed by atoms with Crippen LogP contribution in [0.3, 0.4) is 0 Å². The molecule has 3 rings (SSSR count). The van der Waals surface area contributed by atoms with Crippen LogP contribution in [0.2, 0.25) is 0 Å². The molecule has 3 aromatic rings. The first-order chi connectivity index (χ1) is 9.70. The number of furan rings is 1. The number of benzene rings is 2. The third-order valence-electron chi connectivity index (χ3n) is 3.29. The molecular weight excluding hydrogens is 270 g/mol. The number of amides is 1. The molecule has 0 saturated heterocycles. The molecular formula is C16H15NO2S. The van der Waals surface area contributed by atoms with Crippen molar-refractivity contribution in [2.24, 2.45) is 0 Å². The van der Waals surface area contributed by atoms with Crippen LogP contribution in [-0.4, -0.2) is 18.2 Å². The van der Waals surface area contributed by atoms with Crippen molar-refractivity contribution in [1.82, 2.24) is 5.32 Å². The van der Waals surface area contributed by atoms with Gasteiger partial charge in [-0.15, -0.1) is 11.8 Å². The molecule has 4 heteroatoms. The summed E-state index contributed by atoms with van der Waals surface area (Å²) in [6, 6.07) is 14.0. The maximum absolute atomic E-state index is 11.7. The lowest BCUT2D eigenvalue weighted by molar-refractivity contribution is -0.119. The van der Waals surface area contributed by atoms with Crippen LogP contribution in [0.15, 0.2) is 51.8 Å². The second-order valence-corrected chi connectivity index (χ2v) is 5.99. The molecule has 3 nitrogen and oxygen atoms in total. The van der Waals surface area contributed by atoms with Crippen molar-refractivity contribution < 1.29 is 9.21 Å². The number of hydrogen-bond donors (Lipinski definition) is 1. The van der Waals surface area contributed by atoms with E-state index in [4.69, 9.17) is 4.42 Å². The van der Waals surface area contributed by atoms with E-state index in [0.29, 0.717) is 0 Å². The van der Waals surface area contributed by atoms with Gasteiger partial charge in [0, 0.05) is 17.8 Å². The predicted octanol–water partition coefficient (Wildman–Crippen LogP) is 3.81. The third-order valence-corrected chi connectivity index (χ3v) is 4.43. The molecule has 2 aromatic carbocycles. The first-order valence-corrected chi connectivity index (χ1v) is 7.37. The van der Waals surface area contributed by atoms with Gasteiger partial charge in [-0.25, -0.2) is 0 Å². The van der Waals surface area contributed by atoms with E-state index in [1.54, 1.807) is 7.05 Å². The fraction of sp³-hybridized carbons (Fsp3) is 0.188. The minimum Gasteiger partial charge on any atom is -0.455 e. The van der Waals surface area contributed by atoms with Crippen molar-refractivity contribution in [2.75, 3.05) is 7.05 Å². The molecule has 1 amide bonds. The highest BCUT2D eigenvalue weighted by Crippen LogP contribution is 2.36. The Labute approximate surface area is 121 Å². The van der Waals surface area contributed by atoms with E-state index < -0.39 is 0 Å². The van der Waals surface area contributed by atoms with Crippen LogP contribution in [0.1, 0.15) is 6.92 Å². The average Bonchev–Trinajstić information content (AvgIpc) is 2.86. The molecule has 1 heterocycles. The highest BCUT2D eigenvalue weighted by molar-refractivity contribution is 8.00. The number of carbonyl (C=O) groups is 1. The number of nitrogens with one attached hydrogen (secondary N) is 1. The molecule has 1 N–H and O–H groups in total. The van der Waals surface area contributed by atoms with Crippen molar-refractivity contribution in [1.29, 1.82) is 0 Å². The van der Waals surface area contributed by atoms with Crippen molar-refractivity contribution in [3.8, 4) is 0 Å². The van der Waals surface area contributed by atoms with Gasteiger partial charge >= 0.3 is 0 Å². The van der Waals surface area contributed by atoms with E-state index in [1.807, 2.05) is 37.3 Å². The number of carbonyl (C=O) groups excluding carboxylic acids is 1. The van der Waals surface area contributed by atoms with Gasteiger partial charge < -0.3 is 9.73 Å². The number of rotatable bonds is 3. The summed E-state index contributed by atoms with van der Waals surface area (Å²) in [5.41, 5.74) is 1.73. The molecule has 0 saturated carbocycles. The van der Waals surface area contributed by atoms with Gasteiger partial charge in [0.15, 0.2) is 0 Å². The van der Waals surface area contributed by atoms with Crippen molar-refractivity contribution in [2.45, 2.75) is 17.1 Å². The van der Waals surface area contributed by atoms with Crippen LogP contribution in [0, 0.1) is 0 Å². The summed E-state index contributed by atoms with van der Waals surface area (Å²) in [5.74, 6) is 0.0168. The first-order valence-electron chi connectivity index (χ1n) is 6.49. The Hall–Kier alpha value is -1.94. The predicted molar refractivity (Wildman–Crippen MR) is 83.1 cm³/mol. The van der Waals surface area contributed by atoms with E-state index in [-0.39, 0.29) is 11.2 Å². The zero-order valence-corrected chi connectivity index (χ0v) is 12.2.